The highest BCUT2D eigenvalue weighted by molar-refractivity contribution is 9.10. The van der Waals surface area contributed by atoms with Gasteiger partial charge in [-0.25, -0.2) is 0 Å². The van der Waals surface area contributed by atoms with Gasteiger partial charge in [0.25, 0.3) is 0 Å². The predicted molar refractivity (Wildman–Crippen MR) is 84.2 cm³/mol. The number of aliphatic hydroxyl groups is 1. The number of hydrogen-bond acceptors (Lipinski definition) is 2. The monoisotopic (exact) mass is 350 g/mol. The van der Waals surface area contributed by atoms with E-state index in [1.807, 2.05) is 37.3 Å². The topological polar surface area (TPSA) is 33.4 Å². The minimum atomic E-state index is -0.872. The van der Waals surface area contributed by atoms with E-state index in [1.165, 1.54) is 0 Å². The van der Waals surface area contributed by atoms with Crippen molar-refractivity contribution >= 4 is 38.5 Å². The van der Waals surface area contributed by atoms with E-state index in [-0.39, 0.29) is 0 Å². The van der Waals surface area contributed by atoms with Crippen LogP contribution in [0.4, 0.5) is 0 Å². The van der Waals surface area contributed by atoms with Crippen molar-refractivity contribution in [2.45, 2.75) is 13.0 Å². The lowest BCUT2D eigenvalue weighted by atomic mass is 10.1. The van der Waals surface area contributed by atoms with Gasteiger partial charge in [0.1, 0.15) is 17.4 Å². The molecule has 0 saturated carbocycles. The second-order valence-corrected chi connectivity index (χ2v) is 6.08. The molecular formula is C16H12BrClO2. The van der Waals surface area contributed by atoms with Gasteiger partial charge in [0.2, 0.25) is 0 Å². The normalized spacial score (nSPS) is 12.8. The molecule has 3 aromatic rings. The quantitative estimate of drug-likeness (QED) is 0.685. The van der Waals surface area contributed by atoms with Gasteiger partial charge in [-0.15, -0.1) is 0 Å². The molecule has 0 aliphatic rings. The van der Waals surface area contributed by atoms with Gasteiger partial charge < -0.3 is 9.52 Å². The summed E-state index contributed by atoms with van der Waals surface area (Å²) in [6.07, 6.45) is -0.872. The first-order valence-corrected chi connectivity index (χ1v) is 7.35. The van der Waals surface area contributed by atoms with Crippen LogP contribution in [-0.4, -0.2) is 5.11 Å². The van der Waals surface area contributed by atoms with Gasteiger partial charge in [-0.2, -0.15) is 0 Å². The second-order valence-electron chi connectivity index (χ2n) is 4.76. The van der Waals surface area contributed by atoms with Crippen LogP contribution in [0.2, 0.25) is 5.02 Å². The Morgan fingerprint density at radius 3 is 2.70 bits per heavy atom. The second kappa shape index (κ2) is 5.24. The Morgan fingerprint density at radius 1 is 1.15 bits per heavy atom. The van der Waals surface area contributed by atoms with Crippen molar-refractivity contribution in [1.29, 1.82) is 0 Å². The van der Waals surface area contributed by atoms with E-state index >= 15 is 0 Å². The first-order chi connectivity index (χ1) is 9.54. The molecular weight excluding hydrogens is 340 g/mol. The van der Waals surface area contributed by atoms with Crippen LogP contribution in [0.1, 0.15) is 23.0 Å². The van der Waals surface area contributed by atoms with Crippen LogP contribution in [0.15, 0.2) is 51.4 Å². The summed E-state index contributed by atoms with van der Waals surface area (Å²) in [7, 11) is 0. The van der Waals surface area contributed by atoms with Crippen molar-refractivity contribution in [3.8, 4) is 0 Å². The third-order valence-electron chi connectivity index (χ3n) is 3.22. The van der Waals surface area contributed by atoms with E-state index < -0.39 is 6.10 Å². The Balaban J connectivity index is 2.05. The molecule has 2 nitrogen and oxygen atoms in total. The molecule has 1 heterocycles. The molecule has 3 rings (SSSR count). The molecule has 2 aromatic carbocycles. The summed E-state index contributed by atoms with van der Waals surface area (Å²) in [5, 5.41) is 11.9. The fourth-order valence-electron chi connectivity index (χ4n) is 2.19. The van der Waals surface area contributed by atoms with Gasteiger partial charge in [0, 0.05) is 20.4 Å². The van der Waals surface area contributed by atoms with Crippen molar-refractivity contribution < 1.29 is 9.52 Å². The highest BCUT2D eigenvalue weighted by Gasteiger charge is 2.18. The molecule has 1 atom stereocenters. The lowest BCUT2D eigenvalue weighted by Gasteiger charge is -2.10. The molecule has 0 aliphatic carbocycles. The highest BCUT2D eigenvalue weighted by atomic mass is 79.9. The van der Waals surface area contributed by atoms with E-state index in [9.17, 15) is 5.11 Å². The van der Waals surface area contributed by atoms with Crippen molar-refractivity contribution in [3.05, 3.63) is 68.8 Å². The van der Waals surface area contributed by atoms with Gasteiger partial charge in [-0.3, -0.25) is 0 Å². The maximum atomic E-state index is 10.4. The smallest absolute Gasteiger partial charge is 0.138 e. The molecule has 4 heteroatoms. The minimum absolute atomic E-state index is 0.495. The van der Waals surface area contributed by atoms with E-state index in [2.05, 4.69) is 15.9 Å². The third-order valence-corrected chi connectivity index (χ3v) is 4.04. The summed E-state index contributed by atoms with van der Waals surface area (Å²) < 4.78 is 6.58. The number of aryl methyl sites for hydroxylation is 1. The summed E-state index contributed by atoms with van der Waals surface area (Å²) in [5.74, 6) is 0.495. The molecule has 0 saturated heterocycles. The molecule has 1 unspecified atom stereocenters. The number of hydrogen-bond donors (Lipinski definition) is 1. The lowest BCUT2D eigenvalue weighted by Crippen LogP contribution is -1.98. The number of furan rings is 1. The molecule has 0 aliphatic heterocycles. The zero-order valence-electron chi connectivity index (χ0n) is 10.7. The van der Waals surface area contributed by atoms with Gasteiger partial charge in [0.15, 0.2) is 0 Å². The average Bonchev–Trinajstić information content (AvgIpc) is 2.81. The average molecular weight is 352 g/mol. The zero-order valence-corrected chi connectivity index (χ0v) is 13.1. The van der Waals surface area contributed by atoms with Crippen LogP contribution in [0.3, 0.4) is 0 Å². The first-order valence-electron chi connectivity index (χ1n) is 6.18. The van der Waals surface area contributed by atoms with E-state index in [4.69, 9.17) is 16.0 Å². The molecule has 0 spiro atoms. The highest BCUT2D eigenvalue weighted by Crippen LogP contribution is 2.33. The van der Waals surface area contributed by atoms with Crippen molar-refractivity contribution in [1.82, 2.24) is 0 Å². The Bertz CT molecular complexity index is 779. The first kappa shape index (κ1) is 13.7. The number of rotatable bonds is 2. The summed E-state index contributed by atoms with van der Waals surface area (Å²) in [6.45, 7) is 2.02. The summed E-state index contributed by atoms with van der Waals surface area (Å²) in [4.78, 5) is 0. The summed E-state index contributed by atoms with van der Waals surface area (Å²) in [6, 6.07) is 13.2. The van der Waals surface area contributed by atoms with Crippen molar-refractivity contribution in [2.24, 2.45) is 0 Å². The molecule has 0 radical (unpaired) electrons. The summed E-state index contributed by atoms with van der Waals surface area (Å²) >= 11 is 9.51. The van der Waals surface area contributed by atoms with Gasteiger partial charge in [-0.1, -0.05) is 45.2 Å². The number of benzene rings is 2. The van der Waals surface area contributed by atoms with E-state index in [0.717, 1.165) is 21.0 Å². The van der Waals surface area contributed by atoms with Crippen LogP contribution in [0.25, 0.3) is 11.0 Å². The standard InChI is InChI=1S/C16H12BrClO2/c1-9-2-5-14-10(6-9)7-15(20-14)16(19)12-4-3-11(17)8-13(12)18/h2-8,16,19H,1H3. The maximum absolute atomic E-state index is 10.4. The van der Waals surface area contributed by atoms with Crippen LogP contribution in [0, 0.1) is 6.92 Å². The molecule has 20 heavy (non-hydrogen) atoms. The Labute approximate surface area is 130 Å². The molecule has 0 amide bonds. The van der Waals surface area contributed by atoms with Crippen molar-refractivity contribution in [2.75, 3.05) is 0 Å². The van der Waals surface area contributed by atoms with Crippen LogP contribution in [0.5, 0.6) is 0 Å². The van der Waals surface area contributed by atoms with Gasteiger partial charge >= 0.3 is 0 Å². The van der Waals surface area contributed by atoms with Crippen molar-refractivity contribution in [3.63, 3.8) is 0 Å². The van der Waals surface area contributed by atoms with Crippen LogP contribution in [-0.2, 0) is 0 Å². The predicted octanol–water partition coefficient (Wildman–Crippen LogP) is 5.24. The largest absolute Gasteiger partial charge is 0.458 e. The Kier molecular flexibility index (Phi) is 3.59. The number of aliphatic hydroxyl groups excluding tert-OH is 1. The Morgan fingerprint density at radius 2 is 1.95 bits per heavy atom. The van der Waals surface area contributed by atoms with Crippen LogP contribution < -0.4 is 0 Å². The molecule has 1 aromatic heterocycles. The van der Waals surface area contributed by atoms with Gasteiger partial charge in [0.05, 0.1) is 0 Å². The number of halogens is 2. The summed E-state index contributed by atoms with van der Waals surface area (Å²) in [5.41, 5.74) is 2.55. The maximum Gasteiger partial charge on any atom is 0.138 e. The fraction of sp³-hybridized carbons (Fsp3) is 0.125. The molecule has 0 bridgehead atoms. The van der Waals surface area contributed by atoms with E-state index in [1.54, 1.807) is 12.1 Å². The lowest BCUT2D eigenvalue weighted by molar-refractivity contribution is 0.192. The molecule has 1 N–H and O–H groups in total. The minimum Gasteiger partial charge on any atom is -0.458 e. The molecule has 0 fully saturated rings. The number of fused-ring (bicyclic) bond motifs is 1. The van der Waals surface area contributed by atoms with Crippen LogP contribution >= 0.6 is 27.5 Å². The zero-order chi connectivity index (χ0) is 14.3. The molecule has 102 valence electrons. The fourth-order valence-corrected chi connectivity index (χ4v) is 2.97. The Hall–Kier alpha value is -1.29. The van der Waals surface area contributed by atoms with Gasteiger partial charge in [-0.05, 0) is 37.3 Å². The SMILES string of the molecule is Cc1ccc2oc(C(O)c3ccc(Br)cc3Cl)cc2c1. The third kappa shape index (κ3) is 2.49. The van der Waals surface area contributed by atoms with E-state index in [0.29, 0.717) is 16.3 Å².